The lowest BCUT2D eigenvalue weighted by molar-refractivity contribution is -0.121. The fourth-order valence-electron chi connectivity index (χ4n) is 3.20. The highest BCUT2D eigenvalue weighted by atomic mass is 79.9. The molecule has 0 N–H and O–H groups in total. The molecule has 0 saturated carbocycles. The number of carbonyl (C=O) groups is 1. The van der Waals surface area contributed by atoms with Gasteiger partial charge < -0.3 is 9.80 Å². The Morgan fingerprint density at radius 3 is 2.86 bits per heavy atom. The number of likely N-dealkylation sites (N-methyl/N-ethyl adjacent to an activating group) is 1. The Hall–Kier alpha value is -1.14. The Kier molecular flexibility index (Phi) is 3.92. The molecule has 3 rings (SSSR count). The zero-order chi connectivity index (χ0) is 15.1. The van der Waals surface area contributed by atoms with E-state index < -0.39 is 0 Å². The van der Waals surface area contributed by atoms with Crippen molar-refractivity contribution in [3.8, 4) is 0 Å². The molecule has 3 heterocycles. The van der Waals surface area contributed by atoms with Crippen LogP contribution in [0.1, 0.15) is 20.8 Å². The molecule has 21 heavy (non-hydrogen) atoms. The Labute approximate surface area is 134 Å². The van der Waals surface area contributed by atoms with Crippen LogP contribution in [0.4, 0.5) is 11.5 Å². The highest BCUT2D eigenvalue weighted by Crippen LogP contribution is 2.37. The van der Waals surface area contributed by atoms with Gasteiger partial charge in [-0.1, -0.05) is 0 Å². The summed E-state index contributed by atoms with van der Waals surface area (Å²) in [5.74, 6) is 1.13. The molecule has 0 spiro atoms. The summed E-state index contributed by atoms with van der Waals surface area (Å²) < 4.78 is 0.909. The van der Waals surface area contributed by atoms with Crippen LogP contribution in [0.15, 0.2) is 16.7 Å². The molecule has 0 unspecified atom stereocenters. The maximum atomic E-state index is 12.8. The topological polar surface area (TPSA) is 39.7 Å². The SMILES string of the molecule is CCN1C(=O)[C@@H]2CN(C(C)C)CCN2c2ncc(Br)cc21. The number of rotatable bonds is 2. The van der Waals surface area contributed by atoms with E-state index in [4.69, 9.17) is 0 Å². The van der Waals surface area contributed by atoms with Crippen LogP contribution in [0.25, 0.3) is 0 Å². The van der Waals surface area contributed by atoms with Crippen molar-refractivity contribution < 1.29 is 4.79 Å². The summed E-state index contributed by atoms with van der Waals surface area (Å²) in [4.78, 5) is 23.8. The van der Waals surface area contributed by atoms with Crippen LogP contribution >= 0.6 is 15.9 Å². The van der Waals surface area contributed by atoms with Gasteiger partial charge >= 0.3 is 0 Å². The van der Waals surface area contributed by atoms with Crippen LogP contribution in [0.3, 0.4) is 0 Å². The lowest BCUT2D eigenvalue weighted by Crippen LogP contribution is -2.63. The van der Waals surface area contributed by atoms with Gasteiger partial charge in [0.1, 0.15) is 6.04 Å². The number of amides is 1. The molecule has 0 aliphatic carbocycles. The number of piperazine rings is 1. The van der Waals surface area contributed by atoms with E-state index in [-0.39, 0.29) is 11.9 Å². The summed E-state index contributed by atoms with van der Waals surface area (Å²) in [5.41, 5.74) is 0.922. The average molecular weight is 353 g/mol. The molecule has 0 bridgehead atoms. The molecule has 1 saturated heterocycles. The number of hydrogen-bond acceptors (Lipinski definition) is 4. The van der Waals surface area contributed by atoms with Gasteiger partial charge in [0.15, 0.2) is 5.82 Å². The van der Waals surface area contributed by atoms with E-state index in [1.165, 1.54) is 0 Å². The second kappa shape index (κ2) is 5.57. The number of aromatic nitrogens is 1. The van der Waals surface area contributed by atoms with E-state index in [0.29, 0.717) is 12.6 Å². The van der Waals surface area contributed by atoms with E-state index in [1.807, 2.05) is 24.1 Å². The smallest absolute Gasteiger partial charge is 0.251 e. The summed E-state index contributed by atoms with van der Waals surface area (Å²) in [7, 11) is 0. The summed E-state index contributed by atoms with van der Waals surface area (Å²) >= 11 is 3.46. The molecule has 6 heteroatoms. The number of hydrogen-bond donors (Lipinski definition) is 0. The van der Waals surface area contributed by atoms with E-state index in [9.17, 15) is 4.79 Å². The third-order valence-corrected chi connectivity index (χ3v) is 4.82. The molecule has 1 aromatic rings. The van der Waals surface area contributed by atoms with Crippen LogP contribution < -0.4 is 9.80 Å². The van der Waals surface area contributed by atoms with Crippen molar-refractivity contribution in [2.24, 2.45) is 0 Å². The first-order valence-corrected chi connectivity index (χ1v) is 8.29. The van der Waals surface area contributed by atoms with Crippen molar-refractivity contribution in [2.45, 2.75) is 32.9 Å². The Bertz CT molecular complexity index is 563. The van der Waals surface area contributed by atoms with Crippen molar-refractivity contribution in [2.75, 3.05) is 36.0 Å². The molecule has 0 aromatic carbocycles. The second-order valence-corrected chi connectivity index (χ2v) is 6.79. The number of nitrogens with zero attached hydrogens (tertiary/aromatic N) is 4. The molecule has 1 amide bonds. The van der Waals surface area contributed by atoms with E-state index in [1.54, 1.807) is 0 Å². The lowest BCUT2D eigenvalue weighted by Gasteiger charge is -2.48. The maximum absolute atomic E-state index is 12.8. The highest BCUT2D eigenvalue weighted by molar-refractivity contribution is 9.10. The predicted molar refractivity (Wildman–Crippen MR) is 87.8 cm³/mol. The largest absolute Gasteiger partial charge is 0.340 e. The quantitative estimate of drug-likeness (QED) is 0.817. The summed E-state index contributed by atoms with van der Waals surface area (Å²) in [5, 5.41) is 0. The fraction of sp³-hybridized carbons (Fsp3) is 0.600. The van der Waals surface area contributed by atoms with Crippen molar-refractivity contribution in [3.63, 3.8) is 0 Å². The number of pyridine rings is 1. The van der Waals surface area contributed by atoms with E-state index in [2.05, 4.69) is 44.6 Å². The van der Waals surface area contributed by atoms with Crippen molar-refractivity contribution in [1.82, 2.24) is 9.88 Å². The Balaban J connectivity index is 2.01. The first-order valence-electron chi connectivity index (χ1n) is 7.50. The van der Waals surface area contributed by atoms with Gasteiger partial charge in [-0.15, -0.1) is 0 Å². The van der Waals surface area contributed by atoms with Crippen LogP contribution in [-0.4, -0.2) is 54.1 Å². The normalized spacial score (nSPS) is 22.5. The van der Waals surface area contributed by atoms with Crippen LogP contribution in [0.5, 0.6) is 0 Å². The van der Waals surface area contributed by atoms with Gasteiger partial charge in [-0.2, -0.15) is 0 Å². The summed E-state index contributed by atoms with van der Waals surface area (Å²) in [6.45, 7) is 9.67. The Morgan fingerprint density at radius 2 is 2.19 bits per heavy atom. The molecular weight excluding hydrogens is 332 g/mol. The van der Waals surface area contributed by atoms with Gasteiger partial charge in [0.25, 0.3) is 5.91 Å². The average Bonchev–Trinajstić information content (AvgIpc) is 2.47. The molecular formula is C15H21BrN4O. The van der Waals surface area contributed by atoms with Gasteiger partial charge in [-0.3, -0.25) is 9.69 Å². The van der Waals surface area contributed by atoms with Crippen molar-refractivity contribution >= 4 is 33.3 Å². The number of anilines is 2. The van der Waals surface area contributed by atoms with Gasteiger partial charge in [0.2, 0.25) is 0 Å². The standard InChI is InChI=1S/C15H21BrN4O/c1-4-19-12-7-11(16)8-17-14(12)20-6-5-18(10(2)3)9-13(20)15(19)21/h7-8,10,13H,4-6,9H2,1-3H3/t13-/m0/s1. The zero-order valence-electron chi connectivity index (χ0n) is 12.7. The van der Waals surface area contributed by atoms with Gasteiger partial charge in [0, 0.05) is 42.9 Å². The van der Waals surface area contributed by atoms with Crippen LogP contribution in [0, 0.1) is 0 Å². The van der Waals surface area contributed by atoms with Gasteiger partial charge in [-0.25, -0.2) is 4.98 Å². The number of halogens is 1. The molecule has 2 aliphatic heterocycles. The number of fused-ring (bicyclic) bond motifs is 3. The third-order valence-electron chi connectivity index (χ3n) is 4.39. The van der Waals surface area contributed by atoms with Crippen LogP contribution in [0.2, 0.25) is 0 Å². The van der Waals surface area contributed by atoms with Crippen molar-refractivity contribution in [1.29, 1.82) is 0 Å². The molecule has 2 aliphatic rings. The molecule has 1 atom stereocenters. The number of carbonyl (C=O) groups excluding carboxylic acids is 1. The first-order chi connectivity index (χ1) is 10.0. The summed E-state index contributed by atoms with van der Waals surface area (Å²) in [6.07, 6.45) is 1.81. The van der Waals surface area contributed by atoms with Crippen LogP contribution in [-0.2, 0) is 4.79 Å². The molecule has 5 nitrogen and oxygen atoms in total. The lowest BCUT2D eigenvalue weighted by atomic mass is 10.0. The molecule has 114 valence electrons. The maximum Gasteiger partial charge on any atom is 0.251 e. The minimum Gasteiger partial charge on any atom is -0.340 e. The second-order valence-electron chi connectivity index (χ2n) is 5.88. The summed E-state index contributed by atoms with van der Waals surface area (Å²) in [6, 6.07) is 2.35. The third kappa shape index (κ3) is 2.44. The molecule has 1 fully saturated rings. The molecule has 0 radical (unpaired) electrons. The minimum absolute atomic E-state index is 0.109. The Morgan fingerprint density at radius 1 is 1.43 bits per heavy atom. The van der Waals surface area contributed by atoms with Gasteiger partial charge in [-0.05, 0) is 42.8 Å². The van der Waals surface area contributed by atoms with E-state index in [0.717, 1.165) is 35.6 Å². The predicted octanol–water partition coefficient (Wildman–Crippen LogP) is 2.11. The van der Waals surface area contributed by atoms with Crippen molar-refractivity contribution in [3.05, 3.63) is 16.7 Å². The first kappa shape index (κ1) is 14.8. The zero-order valence-corrected chi connectivity index (χ0v) is 14.3. The fourth-order valence-corrected chi connectivity index (χ4v) is 3.52. The minimum atomic E-state index is -0.109. The molecule has 1 aromatic heterocycles. The van der Waals surface area contributed by atoms with Gasteiger partial charge in [0.05, 0.1) is 5.69 Å². The monoisotopic (exact) mass is 352 g/mol. The highest BCUT2D eigenvalue weighted by Gasteiger charge is 2.42. The van der Waals surface area contributed by atoms with E-state index >= 15 is 0 Å².